The van der Waals surface area contributed by atoms with Crippen molar-refractivity contribution in [3.63, 3.8) is 0 Å². The summed E-state index contributed by atoms with van der Waals surface area (Å²) in [5, 5.41) is 2.05. The van der Waals surface area contributed by atoms with Crippen molar-refractivity contribution >= 4 is 44.4 Å². The van der Waals surface area contributed by atoms with Crippen LogP contribution in [0.25, 0.3) is 44.4 Å². The molecule has 0 fully saturated rings. The fourth-order valence-corrected chi connectivity index (χ4v) is 3.83. The minimum Gasteiger partial charge on any atom is -0.436 e. The molecule has 5 rings (SSSR count). The first kappa shape index (κ1) is 17.2. The van der Waals surface area contributed by atoms with Gasteiger partial charge >= 0.3 is 0 Å². The number of furan rings is 2. The van der Waals surface area contributed by atoms with Crippen LogP contribution in [0, 0.1) is 0 Å². The number of benzene rings is 2. The van der Waals surface area contributed by atoms with Crippen molar-refractivity contribution in [2.45, 2.75) is 52.4 Å². The SMILES string of the molecule is CCC(C)c1ccc2oc3nc4oc5ccc(C(C)CC)cc5c4nc3c2c1. The molecule has 3 heterocycles. The molecule has 0 amide bonds. The van der Waals surface area contributed by atoms with Gasteiger partial charge in [0.05, 0.1) is 0 Å². The van der Waals surface area contributed by atoms with Crippen LogP contribution in [0.2, 0.25) is 0 Å². The molecule has 0 spiro atoms. The van der Waals surface area contributed by atoms with Crippen molar-refractivity contribution in [1.29, 1.82) is 0 Å². The fourth-order valence-electron chi connectivity index (χ4n) is 3.83. The van der Waals surface area contributed by atoms with E-state index in [9.17, 15) is 0 Å². The fraction of sp³-hybridized carbons (Fsp3) is 0.333. The molecular formula is C24H24N2O2. The van der Waals surface area contributed by atoms with Gasteiger partial charge in [0, 0.05) is 10.8 Å². The van der Waals surface area contributed by atoms with Crippen LogP contribution in [0.4, 0.5) is 0 Å². The number of hydrogen-bond donors (Lipinski definition) is 0. The molecule has 0 N–H and O–H groups in total. The first-order valence-electron chi connectivity index (χ1n) is 10.1. The minimum absolute atomic E-state index is 0.499. The number of hydrogen-bond acceptors (Lipinski definition) is 4. The Hall–Kier alpha value is -2.88. The van der Waals surface area contributed by atoms with Crippen molar-refractivity contribution in [2.75, 3.05) is 0 Å². The standard InChI is InChI=1S/C24H24N2O2/c1-5-13(3)15-7-9-19-17(11-15)21-23(27-19)26-24-22(25-21)18-12-16(14(4)6-2)8-10-20(18)28-24/h7-14H,5-6H2,1-4H3. The van der Waals surface area contributed by atoms with E-state index in [1.54, 1.807) is 0 Å². The van der Waals surface area contributed by atoms with E-state index in [1.165, 1.54) is 11.1 Å². The van der Waals surface area contributed by atoms with Crippen LogP contribution in [0.15, 0.2) is 45.2 Å². The van der Waals surface area contributed by atoms with Gasteiger partial charge in [-0.05, 0) is 60.1 Å². The van der Waals surface area contributed by atoms with Crippen LogP contribution < -0.4 is 0 Å². The molecule has 2 atom stereocenters. The van der Waals surface area contributed by atoms with Gasteiger partial charge < -0.3 is 8.83 Å². The lowest BCUT2D eigenvalue weighted by atomic mass is 9.97. The molecule has 0 saturated heterocycles. The molecule has 2 unspecified atom stereocenters. The Morgan fingerprint density at radius 1 is 0.714 bits per heavy atom. The van der Waals surface area contributed by atoms with E-state index in [1.807, 2.05) is 12.1 Å². The highest BCUT2D eigenvalue weighted by atomic mass is 16.4. The Labute approximate surface area is 163 Å². The smallest absolute Gasteiger partial charge is 0.249 e. The second-order valence-electron chi connectivity index (χ2n) is 7.87. The molecular weight excluding hydrogens is 348 g/mol. The molecule has 0 saturated carbocycles. The highest BCUT2D eigenvalue weighted by molar-refractivity contribution is 6.08. The van der Waals surface area contributed by atoms with Gasteiger partial charge in [-0.2, -0.15) is 4.98 Å². The lowest BCUT2D eigenvalue weighted by molar-refractivity contribution is 0.629. The summed E-state index contributed by atoms with van der Waals surface area (Å²) < 4.78 is 11.9. The summed E-state index contributed by atoms with van der Waals surface area (Å²) >= 11 is 0. The first-order chi connectivity index (χ1) is 13.6. The number of nitrogens with zero attached hydrogens (tertiary/aromatic N) is 2. The van der Waals surface area contributed by atoms with Crippen LogP contribution in [-0.2, 0) is 0 Å². The number of aromatic nitrogens is 2. The van der Waals surface area contributed by atoms with Gasteiger partial charge in [-0.15, -0.1) is 0 Å². The summed E-state index contributed by atoms with van der Waals surface area (Å²) in [6, 6.07) is 12.7. The van der Waals surface area contributed by atoms with Crippen LogP contribution in [0.5, 0.6) is 0 Å². The van der Waals surface area contributed by atoms with E-state index in [0.717, 1.165) is 45.8 Å². The molecule has 0 aliphatic rings. The summed E-state index contributed by atoms with van der Waals surface area (Å²) in [5.41, 5.74) is 6.92. The van der Waals surface area contributed by atoms with Crippen LogP contribution >= 0.6 is 0 Å². The van der Waals surface area contributed by atoms with Gasteiger partial charge in [0.1, 0.15) is 22.2 Å². The minimum atomic E-state index is 0.499. The number of rotatable bonds is 4. The van der Waals surface area contributed by atoms with Gasteiger partial charge in [-0.25, -0.2) is 4.98 Å². The number of fused-ring (bicyclic) bond motifs is 6. The maximum Gasteiger partial charge on any atom is 0.249 e. The van der Waals surface area contributed by atoms with E-state index in [4.69, 9.17) is 13.8 Å². The topological polar surface area (TPSA) is 52.1 Å². The Balaban J connectivity index is 1.79. The average molecular weight is 372 g/mol. The summed E-state index contributed by atoms with van der Waals surface area (Å²) in [4.78, 5) is 9.60. The molecule has 4 heteroatoms. The third kappa shape index (κ3) is 2.51. The lowest BCUT2D eigenvalue weighted by Gasteiger charge is -2.08. The zero-order valence-electron chi connectivity index (χ0n) is 16.7. The second kappa shape index (κ2) is 6.33. The quantitative estimate of drug-likeness (QED) is 0.332. The van der Waals surface area contributed by atoms with Crippen molar-refractivity contribution in [3.05, 3.63) is 47.5 Å². The van der Waals surface area contributed by atoms with E-state index in [2.05, 4.69) is 56.9 Å². The monoisotopic (exact) mass is 372 g/mol. The largest absolute Gasteiger partial charge is 0.436 e. The third-order valence-electron chi connectivity index (χ3n) is 6.13. The normalized spacial score (nSPS) is 14.4. The molecule has 28 heavy (non-hydrogen) atoms. The highest BCUT2D eigenvalue weighted by Crippen LogP contribution is 2.35. The van der Waals surface area contributed by atoms with E-state index < -0.39 is 0 Å². The van der Waals surface area contributed by atoms with Crippen molar-refractivity contribution in [1.82, 2.24) is 9.97 Å². The van der Waals surface area contributed by atoms with Crippen LogP contribution in [-0.4, -0.2) is 9.97 Å². The Morgan fingerprint density at radius 3 is 1.61 bits per heavy atom. The van der Waals surface area contributed by atoms with Crippen molar-refractivity contribution in [2.24, 2.45) is 0 Å². The summed E-state index contributed by atoms with van der Waals surface area (Å²) in [7, 11) is 0. The summed E-state index contributed by atoms with van der Waals surface area (Å²) in [6.45, 7) is 8.90. The zero-order chi connectivity index (χ0) is 19.4. The van der Waals surface area contributed by atoms with Crippen LogP contribution in [0.1, 0.15) is 63.5 Å². The molecule has 0 aliphatic carbocycles. The van der Waals surface area contributed by atoms with E-state index in [-0.39, 0.29) is 0 Å². The highest BCUT2D eigenvalue weighted by Gasteiger charge is 2.18. The predicted molar refractivity (Wildman–Crippen MR) is 114 cm³/mol. The first-order valence-corrected chi connectivity index (χ1v) is 10.1. The Kier molecular flexibility index (Phi) is 3.90. The average Bonchev–Trinajstić information content (AvgIpc) is 3.26. The van der Waals surface area contributed by atoms with Gasteiger partial charge in [-0.3, -0.25) is 0 Å². The lowest BCUT2D eigenvalue weighted by Crippen LogP contribution is -1.90. The van der Waals surface area contributed by atoms with Gasteiger partial charge in [0.25, 0.3) is 0 Å². The molecule has 0 radical (unpaired) electrons. The van der Waals surface area contributed by atoms with Crippen LogP contribution in [0.3, 0.4) is 0 Å². The molecule has 2 aromatic carbocycles. The third-order valence-corrected chi connectivity index (χ3v) is 6.13. The van der Waals surface area contributed by atoms with Crippen molar-refractivity contribution < 1.29 is 8.83 Å². The molecule has 5 aromatic rings. The summed E-state index contributed by atoms with van der Waals surface area (Å²) in [5.74, 6) is 0.998. The van der Waals surface area contributed by atoms with E-state index >= 15 is 0 Å². The maximum absolute atomic E-state index is 5.97. The molecule has 0 bridgehead atoms. The molecule has 0 aliphatic heterocycles. The van der Waals surface area contributed by atoms with Gasteiger partial charge in [0.15, 0.2) is 0 Å². The summed E-state index contributed by atoms with van der Waals surface area (Å²) in [6.07, 6.45) is 2.20. The molecule has 142 valence electrons. The molecule has 4 nitrogen and oxygen atoms in total. The molecule has 3 aromatic heterocycles. The van der Waals surface area contributed by atoms with Gasteiger partial charge in [0.2, 0.25) is 11.4 Å². The second-order valence-corrected chi connectivity index (χ2v) is 7.87. The van der Waals surface area contributed by atoms with Crippen molar-refractivity contribution in [3.8, 4) is 0 Å². The zero-order valence-corrected chi connectivity index (χ0v) is 16.7. The Morgan fingerprint density at radius 2 is 1.18 bits per heavy atom. The van der Waals surface area contributed by atoms with E-state index in [0.29, 0.717) is 23.3 Å². The maximum atomic E-state index is 5.97. The Bertz CT molecular complexity index is 1230. The van der Waals surface area contributed by atoms with Gasteiger partial charge in [-0.1, -0.05) is 39.8 Å². The predicted octanol–water partition coefficient (Wildman–Crippen LogP) is 7.30.